The molecule has 23 heavy (non-hydrogen) atoms. The molecule has 0 amide bonds. The van der Waals surface area contributed by atoms with Crippen molar-refractivity contribution >= 4 is 15.8 Å². The van der Waals surface area contributed by atoms with Crippen LogP contribution in [0.1, 0.15) is 16.8 Å². The maximum Gasteiger partial charge on any atom is 0.416 e. The van der Waals surface area contributed by atoms with E-state index in [-0.39, 0.29) is 16.3 Å². The molecule has 0 radical (unpaired) electrons. The fourth-order valence-corrected chi connectivity index (χ4v) is 3.29. The van der Waals surface area contributed by atoms with Gasteiger partial charge in [-0.1, -0.05) is 0 Å². The van der Waals surface area contributed by atoms with Gasteiger partial charge in [0.2, 0.25) is 0 Å². The van der Waals surface area contributed by atoms with Gasteiger partial charge in [0.1, 0.15) is 0 Å². The molecule has 0 aliphatic carbocycles. The Balaban J connectivity index is 2.45. The summed E-state index contributed by atoms with van der Waals surface area (Å²) in [6.45, 7) is 3.02. The van der Waals surface area contributed by atoms with Crippen LogP contribution in [0.3, 0.4) is 0 Å². The first kappa shape index (κ1) is 17.2. The van der Waals surface area contributed by atoms with Gasteiger partial charge in [-0.05, 0) is 49.7 Å². The summed E-state index contributed by atoms with van der Waals surface area (Å²) >= 11 is 0. The summed E-state index contributed by atoms with van der Waals surface area (Å²) in [7, 11) is -2.76. The molecule has 0 saturated heterocycles. The Morgan fingerprint density at radius 3 is 2.17 bits per heavy atom. The molecule has 0 fully saturated rings. The molecule has 1 aromatic carbocycles. The summed E-state index contributed by atoms with van der Waals surface area (Å²) in [5.41, 5.74) is -0.274. The molecule has 2 aromatic rings. The number of nitrogens with zero attached hydrogens (tertiary/aromatic N) is 3. The first-order valence-electron chi connectivity index (χ1n) is 6.50. The molecule has 0 unspecified atom stereocenters. The highest BCUT2D eigenvalue weighted by Gasteiger charge is 2.32. The SMILES string of the molecule is Cc1ccc(N(C)S(=O)(=O)c2ccc(C(F)(F)F)cc2C)nn1. The topological polar surface area (TPSA) is 63.2 Å². The standard InChI is InChI=1S/C14H14F3N3O2S/c1-9-8-11(14(15,16)17)5-6-12(9)23(21,22)20(3)13-7-4-10(2)18-19-13/h4-8H,1-3H3. The Morgan fingerprint density at radius 2 is 1.70 bits per heavy atom. The van der Waals surface area contributed by atoms with Crippen molar-refractivity contribution in [2.75, 3.05) is 11.4 Å². The van der Waals surface area contributed by atoms with Gasteiger partial charge >= 0.3 is 6.18 Å². The molecule has 0 spiro atoms. The second-order valence-electron chi connectivity index (χ2n) is 4.98. The van der Waals surface area contributed by atoms with Crippen LogP contribution >= 0.6 is 0 Å². The highest BCUT2D eigenvalue weighted by Crippen LogP contribution is 2.32. The minimum absolute atomic E-state index is 0.00625. The number of anilines is 1. The van der Waals surface area contributed by atoms with Crippen molar-refractivity contribution in [1.29, 1.82) is 0 Å². The fraction of sp³-hybridized carbons (Fsp3) is 0.286. The lowest BCUT2D eigenvalue weighted by molar-refractivity contribution is -0.137. The zero-order chi connectivity index (χ0) is 17.4. The molecule has 1 heterocycles. The van der Waals surface area contributed by atoms with Gasteiger partial charge in [-0.25, -0.2) is 8.42 Å². The molecular formula is C14H14F3N3O2S. The molecule has 2 rings (SSSR count). The quantitative estimate of drug-likeness (QED) is 0.858. The lowest BCUT2D eigenvalue weighted by Crippen LogP contribution is -2.28. The molecule has 0 aliphatic rings. The van der Waals surface area contributed by atoms with Gasteiger partial charge in [-0.3, -0.25) is 4.31 Å². The van der Waals surface area contributed by atoms with Gasteiger partial charge in [0.05, 0.1) is 16.2 Å². The first-order valence-corrected chi connectivity index (χ1v) is 7.94. The van der Waals surface area contributed by atoms with Crippen molar-refractivity contribution in [3.8, 4) is 0 Å². The predicted octanol–water partition coefficient (Wildman–Crippen LogP) is 2.94. The van der Waals surface area contributed by atoms with E-state index >= 15 is 0 Å². The van der Waals surface area contributed by atoms with E-state index in [1.807, 2.05) is 0 Å². The first-order chi connectivity index (χ1) is 10.5. The minimum Gasteiger partial charge on any atom is -0.251 e. The largest absolute Gasteiger partial charge is 0.416 e. The van der Waals surface area contributed by atoms with Gasteiger partial charge in [0, 0.05) is 7.05 Å². The number of aromatic nitrogens is 2. The molecule has 0 aliphatic heterocycles. The molecule has 0 atom stereocenters. The number of benzene rings is 1. The van der Waals surface area contributed by atoms with Crippen LogP contribution in [0.4, 0.5) is 19.0 Å². The third-order valence-corrected chi connectivity index (χ3v) is 5.17. The van der Waals surface area contributed by atoms with Gasteiger partial charge in [-0.2, -0.15) is 18.3 Å². The zero-order valence-electron chi connectivity index (χ0n) is 12.6. The number of halogens is 3. The van der Waals surface area contributed by atoms with Crippen LogP contribution in [0.5, 0.6) is 0 Å². The van der Waals surface area contributed by atoms with Crippen molar-refractivity contribution in [2.24, 2.45) is 0 Å². The number of alkyl halides is 3. The zero-order valence-corrected chi connectivity index (χ0v) is 13.4. The second kappa shape index (κ2) is 5.80. The third-order valence-electron chi connectivity index (χ3n) is 3.25. The highest BCUT2D eigenvalue weighted by atomic mass is 32.2. The van der Waals surface area contributed by atoms with E-state index in [2.05, 4.69) is 10.2 Å². The van der Waals surface area contributed by atoms with Gasteiger partial charge < -0.3 is 0 Å². The Hall–Kier alpha value is -2.16. The summed E-state index contributed by atoms with van der Waals surface area (Å²) < 4.78 is 64.1. The lowest BCUT2D eigenvalue weighted by Gasteiger charge is -2.19. The van der Waals surface area contributed by atoms with Crippen molar-refractivity contribution in [3.05, 3.63) is 47.2 Å². The van der Waals surface area contributed by atoms with Crippen LogP contribution in [0.25, 0.3) is 0 Å². The van der Waals surface area contributed by atoms with E-state index in [1.165, 1.54) is 20.0 Å². The molecule has 0 N–H and O–H groups in total. The number of hydrogen-bond donors (Lipinski definition) is 0. The van der Waals surface area contributed by atoms with E-state index in [0.29, 0.717) is 5.69 Å². The highest BCUT2D eigenvalue weighted by molar-refractivity contribution is 7.92. The minimum atomic E-state index is -4.53. The Morgan fingerprint density at radius 1 is 1.04 bits per heavy atom. The summed E-state index contributed by atoms with van der Waals surface area (Å²) in [5, 5.41) is 7.54. The normalized spacial score (nSPS) is 12.3. The number of hydrogen-bond acceptors (Lipinski definition) is 4. The Kier molecular flexibility index (Phi) is 4.34. The summed E-state index contributed by atoms with van der Waals surface area (Å²) in [6, 6.07) is 5.56. The van der Waals surface area contributed by atoms with Crippen LogP contribution in [0.15, 0.2) is 35.2 Å². The van der Waals surface area contributed by atoms with Crippen LogP contribution in [-0.2, 0) is 16.2 Å². The van der Waals surface area contributed by atoms with Crippen LogP contribution in [-0.4, -0.2) is 25.7 Å². The van der Waals surface area contributed by atoms with Crippen molar-refractivity contribution in [3.63, 3.8) is 0 Å². The third kappa shape index (κ3) is 3.44. The molecule has 0 saturated carbocycles. The molecule has 1 aromatic heterocycles. The Bertz CT molecular complexity index is 818. The van der Waals surface area contributed by atoms with E-state index in [9.17, 15) is 21.6 Å². The van der Waals surface area contributed by atoms with Crippen LogP contribution in [0.2, 0.25) is 0 Å². The van der Waals surface area contributed by atoms with Gasteiger partial charge in [-0.15, -0.1) is 5.10 Å². The molecule has 0 bridgehead atoms. The number of sulfonamides is 1. The van der Waals surface area contributed by atoms with Crippen molar-refractivity contribution < 1.29 is 21.6 Å². The van der Waals surface area contributed by atoms with E-state index in [1.54, 1.807) is 13.0 Å². The molecular weight excluding hydrogens is 331 g/mol. The Labute approximate surface area is 131 Å². The van der Waals surface area contributed by atoms with E-state index in [0.717, 1.165) is 22.5 Å². The van der Waals surface area contributed by atoms with Gasteiger partial charge in [0.25, 0.3) is 10.0 Å². The summed E-state index contributed by atoms with van der Waals surface area (Å²) in [4.78, 5) is -0.213. The maximum atomic E-state index is 12.7. The van der Waals surface area contributed by atoms with Crippen molar-refractivity contribution in [2.45, 2.75) is 24.9 Å². The van der Waals surface area contributed by atoms with E-state index < -0.39 is 21.8 Å². The summed E-state index contributed by atoms with van der Waals surface area (Å²) in [6.07, 6.45) is -4.53. The molecule has 5 nitrogen and oxygen atoms in total. The van der Waals surface area contributed by atoms with Crippen molar-refractivity contribution in [1.82, 2.24) is 10.2 Å². The fourth-order valence-electron chi connectivity index (χ4n) is 1.95. The lowest BCUT2D eigenvalue weighted by atomic mass is 10.1. The monoisotopic (exact) mass is 345 g/mol. The van der Waals surface area contributed by atoms with E-state index in [4.69, 9.17) is 0 Å². The molecule has 124 valence electrons. The van der Waals surface area contributed by atoms with Crippen LogP contribution < -0.4 is 4.31 Å². The predicted molar refractivity (Wildman–Crippen MR) is 78.5 cm³/mol. The maximum absolute atomic E-state index is 12.7. The average molecular weight is 345 g/mol. The summed E-state index contributed by atoms with van der Waals surface area (Å²) in [5.74, 6) is 0.0786. The van der Waals surface area contributed by atoms with Gasteiger partial charge in [0.15, 0.2) is 5.82 Å². The van der Waals surface area contributed by atoms with Crippen LogP contribution in [0, 0.1) is 13.8 Å². The number of rotatable bonds is 3. The second-order valence-corrected chi connectivity index (χ2v) is 6.92. The molecule has 9 heteroatoms. The number of aryl methyl sites for hydroxylation is 2. The smallest absolute Gasteiger partial charge is 0.251 e. The average Bonchev–Trinajstić information content (AvgIpc) is 2.46.